The molecule has 0 aromatic heterocycles. The first-order chi connectivity index (χ1) is 37.3. The van der Waals surface area contributed by atoms with Gasteiger partial charge in [0.25, 0.3) is 0 Å². The van der Waals surface area contributed by atoms with Crippen molar-refractivity contribution < 1.29 is 28.6 Å². The Bertz CT molecular complexity index is 1530. The molecule has 0 saturated carbocycles. The first kappa shape index (κ1) is 78.6. The van der Waals surface area contributed by atoms with Crippen LogP contribution in [0.1, 0.15) is 247 Å². The lowest BCUT2D eigenvalue weighted by Gasteiger charge is -2.34. The van der Waals surface area contributed by atoms with Crippen LogP contribution < -0.4 is 10.6 Å². The third-order valence-electron chi connectivity index (χ3n) is 16.4. The summed E-state index contributed by atoms with van der Waals surface area (Å²) < 4.78 is 15.9. The fourth-order valence-corrected chi connectivity index (χ4v) is 10.7. The molecule has 3 amide bonds. The van der Waals surface area contributed by atoms with Crippen LogP contribution in [-0.2, 0) is 14.2 Å². The summed E-state index contributed by atoms with van der Waals surface area (Å²) in [4.78, 5) is 47.7. The Morgan fingerprint density at radius 3 is 1.19 bits per heavy atom. The van der Waals surface area contributed by atoms with Crippen LogP contribution in [0.4, 0.5) is 14.4 Å². The maximum atomic E-state index is 11.7. The number of piperidine rings is 8. The Labute approximate surface area is 502 Å². The van der Waals surface area contributed by atoms with Crippen molar-refractivity contribution in [3.8, 4) is 0 Å². The smallest absolute Gasteiger partial charge is 0.410 e. The minimum atomic E-state index is -0.381. The van der Waals surface area contributed by atoms with Crippen LogP contribution in [0, 0.1) is 29.6 Å². The van der Waals surface area contributed by atoms with E-state index in [2.05, 4.69) is 102 Å². The molecular weight excluding hydrogens is 1010 g/mol. The Balaban J connectivity index is 0.000000916. The molecule has 8 fully saturated rings. The first-order valence-corrected chi connectivity index (χ1v) is 32.8. The summed E-state index contributed by atoms with van der Waals surface area (Å²) in [7, 11) is 6.62. The van der Waals surface area contributed by atoms with Crippen LogP contribution in [0.2, 0.25) is 0 Å². The summed E-state index contributed by atoms with van der Waals surface area (Å²) in [6, 6.07) is 1.95. The zero-order valence-electron chi connectivity index (χ0n) is 56.4. The lowest BCUT2D eigenvalue weighted by atomic mass is 10.00. The van der Waals surface area contributed by atoms with E-state index in [0.29, 0.717) is 12.0 Å². The van der Waals surface area contributed by atoms with Crippen LogP contribution in [-0.4, -0.2) is 189 Å². The van der Waals surface area contributed by atoms with Crippen molar-refractivity contribution >= 4 is 18.3 Å². The molecule has 0 radical (unpaired) electrons. The van der Waals surface area contributed by atoms with Gasteiger partial charge in [-0.1, -0.05) is 54.9 Å². The summed E-state index contributed by atoms with van der Waals surface area (Å²) >= 11 is 0. The van der Waals surface area contributed by atoms with E-state index < -0.39 is 0 Å². The summed E-state index contributed by atoms with van der Waals surface area (Å²) in [5.41, 5.74) is -1.13. The molecule has 0 aromatic carbocycles. The van der Waals surface area contributed by atoms with Gasteiger partial charge in [0.05, 0.1) is 0 Å². The molecule has 8 heterocycles. The van der Waals surface area contributed by atoms with Gasteiger partial charge in [0.15, 0.2) is 0 Å². The van der Waals surface area contributed by atoms with Gasteiger partial charge in [-0.2, -0.15) is 0 Å². The number of amides is 3. The standard InChI is InChI=1S/3C11H21NO2.3C7H15N.2C6H13N.CH4/c1-9-5-7-12(8-6-9)10(13)14-11(2,3)4;1-9-6-5-7-12(8-9)10(13)14-11(2,3)4;1-9-7-5-6-8-12(9)10(13)14-11(2,3)4;1-7-3-5-8(2)6-4-7;1-7-4-3-5-8(2)6-7;1-7-5-3-4-6-8(7)2;1-6-2-4-7-5-3-6;1-6-4-2-3-5-7-6;/h3*9H,5-8H2,1-4H3;3*7H,3-6H2,1-2H3;2*6-7H,2-5H2,1H3;1H4. The summed E-state index contributed by atoms with van der Waals surface area (Å²) in [5, 5.41) is 6.70. The van der Waals surface area contributed by atoms with Crippen molar-refractivity contribution in [1.29, 1.82) is 0 Å². The molecule has 2 N–H and O–H groups in total. The Morgan fingerprint density at radius 2 is 0.827 bits per heavy atom. The molecule has 5 unspecified atom stereocenters. The highest BCUT2D eigenvalue weighted by atomic mass is 16.6. The van der Waals surface area contributed by atoms with Crippen molar-refractivity contribution in [2.75, 3.05) is 106 Å². The average molecular weight is 1150 g/mol. The fraction of sp³-hybridized carbons (Fsp3) is 0.955. The van der Waals surface area contributed by atoms with Crippen LogP contribution in [0.15, 0.2) is 0 Å². The van der Waals surface area contributed by atoms with Crippen LogP contribution in [0.5, 0.6) is 0 Å². The van der Waals surface area contributed by atoms with Crippen LogP contribution >= 0.6 is 0 Å². The minimum absolute atomic E-state index is 0. The van der Waals surface area contributed by atoms with Gasteiger partial charge in [-0.05, 0) is 289 Å². The molecular formula is C67H138N8O6. The number of rotatable bonds is 0. The van der Waals surface area contributed by atoms with Crippen molar-refractivity contribution in [2.45, 2.75) is 282 Å². The normalized spacial score (nSPS) is 25.6. The molecule has 8 aliphatic heterocycles. The maximum absolute atomic E-state index is 11.7. The van der Waals surface area contributed by atoms with Gasteiger partial charge in [0, 0.05) is 57.4 Å². The number of carbonyl (C=O) groups is 3. The summed E-state index contributed by atoms with van der Waals surface area (Å²) in [6.07, 6.45) is 24.2. The molecule has 8 rings (SSSR count). The van der Waals surface area contributed by atoms with Gasteiger partial charge >= 0.3 is 18.3 Å². The molecule has 8 aliphatic rings. The SMILES string of the molecule is C.CC1CCCCN1.CC1CCCCN1C.CC1CCCCN1C(=O)OC(C)(C)C.CC1CCCN(C(=O)OC(C)(C)C)C1.CC1CCCN(C)C1.CC1CCN(C(=O)OC(C)(C)C)CC1.CC1CCN(C)CC1.CC1CCNCC1. The second kappa shape index (κ2) is 42.4. The second-order valence-corrected chi connectivity index (χ2v) is 28.9. The lowest BCUT2D eigenvalue weighted by Crippen LogP contribution is -2.44. The number of hydrogen-bond donors (Lipinski definition) is 2. The quantitative estimate of drug-likeness (QED) is 0.225. The van der Waals surface area contributed by atoms with E-state index in [9.17, 15) is 14.4 Å². The third-order valence-corrected chi connectivity index (χ3v) is 16.4. The average Bonchev–Trinajstić information content (AvgIpc) is 3.36. The Morgan fingerprint density at radius 1 is 0.383 bits per heavy atom. The molecule has 81 heavy (non-hydrogen) atoms. The fourth-order valence-electron chi connectivity index (χ4n) is 10.7. The molecule has 14 heteroatoms. The number of carbonyl (C=O) groups excluding carboxylic acids is 3. The number of ether oxygens (including phenoxy) is 3. The number of hydrogen-bond acceptors (Lipinski definition) is 11. The van der Waals surface area contributed by atoms with Crippen molar-refractivity contribution in [3.05, 3.63) is 0 Å². The topological polar surface area (TPSA) is 122 Å². The van der Waals surface area contributed by atoms with E-state index in [4.69, 9.17) is 14.2 Å². The van der Waals surface area contributed by atoms with Gasteiger partial charge in [-0.3, -0.25) is 0 Å². The zero-order valence-corrected chi connectivity index (χ0v) is 56.4. The molecule has 14 nitrogen and oxygen atoms in total. The van der Waals surface area contributed by atoms with Gasteiger partial charge in [-0.15, -0.1) is 0 Å². The molecule has 0 aromatic rings. The second-order valence-electron chi connectivity index (χ2n) is 28.9. The maximum Gasteiger partial charge on any atom is 0.410 e. The molecule has 0 spiro atoms. The van der Waals surface area contributed by atoms with Crippen molar-refractivity contribution in [1.82, 2.24) is 40.0 Å². The summed E-state index contributed by atoms with van der Waals surface area (Å²) in [6.45, 7) is 49.6. The third kappa shape index (κ3) is 42.1. The van der Waals surface area contributed by atoms with Crippen LogP contribution in [0.25, 0.3) is 0 Å². The molecule has 0 aliphatic carbocycles. The van der Waals surface area contributed by atoms with E-state index in [1.54, 1.807) is 0 Å². The van der Waals surface area contributed by atoms with E-state index in [1.165, 1.54) is 142 Å². The minimum Gasteiger partial charge on any atom is -0.444 e. The van der Waals surface area contributed by atoms with Crippen LogP contribution in [0.3, 0.4) is 0 Å². The molecule has 8 saturated heterocycles. The van der Waals surface area contributed by atoms with E-state index in [1.807, 2.05) is 77.0 Å². The van der Waals surface area contributed by atoms with E-state index >= 15 is 0 Å². The number of nitrogens with one attached hydrogen (secondary N) is 2. The molecule has 5 atom stereocenters. The largest absolute Gasteiger partial charge is 0.444 e. The van der Waals surface area contributed by atoms with Gasteiger partial charge in [-0.25, -0.2) is 14.4 Å². The van der Waals surface area contributed by atoms with Crippen molar-refractivity contribution in [2.24, 2.45) is 29.6 Å². The zero-order chi connectivity index (χ0) is 60.5. The van der Waals surface area contributed by atoms with Crippen molar-refractivity contribution in [3.63, 3.8) is 0 Å². The van der Waals surface area contributed by atoms with Gasteiger partial charge in [0.1, 0.15) is 16.8 Å². The highest BCUT2D eigenvalue weighted by Gasteiger charge is 2.29. The Kier molecular flexibility index (Phi) is 41.2. The monoisotopic (exact) mass is 1150 g/mol. The first-order valence-electron chi connectivity index (χ1n) is 32.8. The summed E-state index contributed by atoms with van der Waals surface area (Å²) in [5.74, 6) is 4.24. The highest BCUT2D eigenvalue weighted by molar-refractivity contribution is 5.69. The van der Waals surface area contributed by atoms with Gasteiger partial charge < -0.3 is 54.2 Å². The highest BCUT2D eigenvalue weighted by Crippen LogP contribution is 2.22. The molecule has 482 valence electrons. The van der Waals surface area contributed by atoms with Gasteiger partial charge in [0.2, 0.25) is 0 Å². The molecule has 0 bridgehead atoms. The van der Waals surface area contributed by atoms with E-state index in [-0.39, 0.29) is 42.5 Å². The lowest BCUT2D eigenvalue weighted by molar-refractivity contribution is 0.0118. The van der Waals surface area contributed by atoms with E-state index in [0.717, 1.165) is 101 Å². The number of likely N-dealkylation sites (tertiary alicyclic amines) is 6. The Hall–Kier alpha value is -2.39. The number of nitrogens with zero attached hydrogens (tertiary/aromatic N) is 6. The predicted octanol–water partition coefficient (Wildman–Crippen LogP) is 15.1. The predicted molar refractivity (Wildman–Crippen MR) is 346 cm³/mol.